The number of carboxylic acids is 2. The smallest absolute Gasteiger partial charge is 0.310 e. The number of rotatable bonds is 7. The zero-order chi connectivity index (χ0) is 25.8. The lowest BCUT2D eigenvalue weighted by molar-refractivity contribution is -0.162. The van der Waals surface area contributed by atoms with Gasteiger partial charge in [-0.15, -0.1) is 0 Å². The van der Waals surface area contributed by atoms with Crippen molar-refractivity contribution in [2.45, 2.75) is 77.6 Å². The van der Waals surface area contributed by atoms with Crippen molar-refractivity contribution in [1.82, 2.24) is 0 Å². The van der Waals surface area contributed by atoms with Gasteiger partial charge in [0.15, 0.2) is 0 Å². The van der Waals surface area contributed by atoms with Crippen LogP contribution < -0.4 is 0 Å². The van der Waals surface area contributed by atoms with Crippen LogP contribution in [0.1, 0.15) is 71.5 Å². The molecule has 0 bridgehead atoms. The number of aliphatic hydroxyl groups excluding tert-OH is 1. The largest absolute Gasteiger partial charge is 0.481 e. The lowest BCUT2D eigenvalue weighted by Gasteiger charge is -2.53. The molecule has 3 heterocycles. The maximum absolute atomic E-state index is 12.7. The number of carbonyl (C=O) groups excluding carboxylic acids is 1. The van der Waals surface area contributed by atoms with Crippen LogP contribution in [0.25, 0.3) is 0 Å². The highest BCUT2D eigenvalue weighted by Crippen LogP contribution is 2.64. The van der Waals surface area contributed by atoms with E-state index in [0.29, 0.717) is 12.8 Å². The SMILES string of the molecule is CC1=C2CC(=O)OC(c3ccoc3)C2(C)CCC1C1(CO)C(CC(=O)O)OC(C)(C)C1CC(=O)O. The van der Waals surface area contributed by atoms with Gasteiger partial charge < -0.3 is 29.2 Å². The predicted molar refractivity (Wildman–Crippen MR) is 122 cm³/mol. The summed E-state index contributed by atoms with van der Waals surface area (Å²) >= 11 is 0. The van der Waals surface area contributed by atoms with Crippen molar-refractivity contribution in [1.29, 1.82) is 0 Å². The third kappa shape index (κ3) is 3.98. The highest BCUT2D eigenvalue weighted by Gasteiger charge is 2.65. The molecule has 6 atom stereocenters. The summed E-state index contributed by atoms with van der Waals surface area (Å²) in [7, 11) is 0. The van der Waals surface area contributed by atoms with Crippen LogP contribution in [-0.4, -0.2) is 51.5 Å². The minimum Gasteiger partial charge on any atom is -0.481 e. The summed E-state index contributed by atoms with van der Waals surface area (Å²) in [5, 5.41) is 30.3. The van der Waals surface area contributed by atoms with E-state index in [-0.39, 0.29) is 31.1 Å². The molecule has 6 unspecified atom stereocenters. The maximum Gasteiger partial charge on any atom is 0.310 e. The van der Waals surface area contributed by atoms with Gasteiger partial charge in [-0.05, 0) is 51.2 Å². The Morgan fingerprint density at radius 1 is 1.14 bits per heavy atom. The third-order valence-electron chi connectivity index (χ3n) is 8.83. The summed E-state index contributed by atoms with van der Waals surface area (Å²) in [6.07, 6.45) is 2.34. The molecule has 0 spiro atoms. The number of furan rings is 1. The van der Waals surface area contributed by atoms with Gasteiger partial charge >= 0.3 is 17.9 Å². The number of carboxylic acid groups (broad SMARTS) is 2. The van der Waals surface area contributed by atoms with Gasteiger partial charge in [0, 0.05) is 22.3 Å². The van der Waals surface area contributed by atoms with Crippen LogP contribution in [0.2, 0.25) is 0 Å². The Labute approximate surface area is 204 Å². The first-order valence-electron chi connectivity index (χ1n) is 12.0. The summed E-state index contributed by atoms with van der Waals surface area (Å²) in [5.74, 6) is -3.47. The van der Waals surface area contributed by atoms with Crippen molar-refractivity contribution in [3.63, 3.8) is 0 Å². The van der Waals surface area contributed by atoms with Gasteiger partial charge in [-0.25, -0.2) is 0 Å². The van der Waals surface area contributed by atoms with Gasteiger partial charge in [-0.3, -0.25) is 14.4 Å². The molecule has 0 aromatic carbocycles. The second-order valence-corrected chi connectivity index (χ2v) is 11.0. The number of aliphatic carboxylic acids is 2. The van der Waals surface area contributed by atoms with E-state index in [1.165, 1.54) is 6.26 Å². The standard InChI is InChI=1S/C26H34O9/c1-14-16(5-7-25(4)17(14)9-22(32)34-23(25)15-6-8-33-12-15)26(13-27)18(10-20(28)29)24(2,3)35-19(26)11-21(30)31/h6,8,12,16,18-19,23,27H,5,7,9-11,13H2,1-4H3,(H,28,29)(H,30,31). The van der Waals surface area contributed by atoms with Gasteiger partial charge in [0.05, 0.1) is 50.1 Å². The van der Waals surface area contributed by atoms with E-state index in [4.69, 9.17) is 13.9 Å². The number of esters is 1. The van der Waals surface area contributed by atoms with E-state index < -0.39 is 53.1 Å². The molecule has 9 heteroatoms. The highest BCUT2D eigenvalue weighted by molar-refractivity contribution is 5.75. The number of ether oxygens (including phenoxy) is 2. The van der Waals surface area contributed by atoms with E-state index in [9.17, 15) is 29.7 Å². The number of carbonyl (C=O) groups is 3. The normalized spacial score (nSPS) is 36.5. The predicted octanol–water partition coefficient (Wildman–Crippen LogP) is 3.72. The molecule has 192 valence electrons. The van der Waals surface area contributed by atoms with Crippen LogP contribution >= 0.6 is 0 Å². The number of fused-ring (bicyclic) bond motifs is 1. The van der Waals surface area contributed by atoms with E-state index >= 15 is 0 Å². The first-order valence-corrected chi connectivity index (χ1v) is 12.0. The van der Waals surface area contributed by atoms with E-state index in [1.54, 1.807) is 26.2 Å². The molecule has 1 aliphatic carbocycles. The van der Waals surface area contributed by atoms with Crippen molar-refractivity contribution >= 4 is 17.9 Å². The summed E-state index contributed by atoms with van der Waals surface area (Å²) in [6.45, 7) is 7.06. The molecule has 2 saturated heterocycles. The molecule has 2 aliphatic heterocycles. The van der Waals surface area contributed by atoms with Crippen LogP contribution in [0, 0.1) is 22.7 Å². The average molecular weight is 491 g/mol. The number of aliphatic hydroxyl groups is 1. The molecule has 4 rings (SSSR count). The summed E-state index contributed by atoms with van der Waals surface area (Å²) in [5.41, 5.74) is -0.0572. The van der Waals surface area contributed by atoms with Crippen molar-refractivity contribution < 1.29 is 43.6 Å². The Balaban J connectivity index is 1.86. The zero-order valence-electron chi connectivity index (χ0n) is 20.6. The summed E-state index contributed by atoms with van der Waals surface area (Å²) < 4.78 is 17.2. The minimum absolute atomic E-state index is 0.0894. The second-order valence-electron chi connectivity index (χ2n) is 11.0. The Morgan fingerprint density at radius 2 is 1.83 bits per heavy atom. The Bertz CT molecular complexity index is 1040. The van der Waals surface area contributed by atoms with Crippen LogP contribution in [0.15, 0.2) is 34.2 Å². The van der Waals surface area contributed by atoms with Gasteiger partial charge in [-0.1, -0.05) is 12.5 Å². The van der Waals surface area contributed by atoms with Crippen molar-refractivity contribution in [2.24, 2.45) is 22.7 Å². The topological polar surface area (TPSA) is 144 Å². The maximum atomic E-state index is 12.7. The molecule has 0 amide bonds. The fourth-order valence-electron chi connectivity index (χ4n) is 7.30. The third-order valence-corrected chi connectivity index (χ3v) is 8.83. The molecule has 1 aromatic heterocycles. The number of allylic oxidation sites excluding steroid dienone is 1. The first kappa shape index (κ1) is 25.4. The Kier molecular flexibility index (Phi) is 6.38. The first-order chi connectivity index (χ1) is 16.4. The summed E-state index contributed by atoms with van der Waals surface area (Å²) in [4.78, 5) is 36.4. The molecule has 0 radical (unpaired) electrons. The molecular weight excluding hydrogens is 456 g/mol. The van der Waals surface area contributed by atoms with Crippen LogP contribution in [0.3, 0.4) is 0 Å². The molecular formula is C26H34O9. The number of hydrogen-bond acceptors (Lipinski definition) is 7. The Hall–Kier alpha value is -2.65. The summed E-state index contributed by atoms with van der Waals surface area (Å²) in [6, 6.07) is 1.78. The molecule has 2 fully saturated rings. The van der Waals surface area contributed by atoms with E-state index in [0.717, 1.165) is 16.7 Å². The zero-order valence-corrected chi connectivity index (χ0v) is 20.6. The van der Waals surface area contributed by atoms with Crippen LogP contribution in [-0.2, 0) is 23.9 Å². The van der Waals surface area contributed by atoms with Gasteiger partial charge in [0.1, 0.15) is 6.10 Å². The van der Waals surface area contributed by atoms with E-state index in [2.05, 4.69) is 6.92 Å². The Morgan fingerprint density at radius 3 is 2.40 bits per heavy atom. The number of cyclic esters (lactones) is 1. The van der Waals surface area contributed by atoms with Gasteiger partial charge in [-0.2, -0.15) is 0 Å². The molecule has 0 saturated carbocycles. The van der Waals surface area contributed by atoms with Crippen LogP contribution in [0.4, 0.5) is 0 Å². The lowest BCUT2D eigenvalue weighted by Crippen LogP contribution is -2.52. The van der Waals surface area contributed by atoms with Crippen LogP contribution in [0.5, 0.6) is 0 Å². The fraction of sp³-hybridized carbons (Fsp3) is 0.654. The second kappa shape index (κ2) is 8.78. The molecule has 1 aromatic rings. The van der Waals surface area contributed by atoms with Crippen molar-refractivity contribution in [3.05, 3.63) is 35.3 Å². The van der Waals surface area contributed by atoms with Crippen molar-refractivity contribution in [2.75, 3.05) is 6.61 Å². The highest BCUT2D eigenvalue weighted by atomic mass is 16.5. The van der Waals surface area contributed by atoms with Gasteiger partial charge in [0.2, 0.25) is 0 Å². The minimum atomic E-state index is -1.13. The number of hydrogen-bond donors (Lipinski definition) is 3. The van der Waals surface area contributed by atoms with E-state index in [1.807, 2.05) is 6.92 Å². The average Bonchev–Trinajstić information content (AvgIpc) is 3.35. The monoisotopic (exact) mass is 490 g/mol. The molecule has 3 N–H and O–H groups in total. The van der Waals surface area contributed by atoms with Gasteiger partial charge in [0.25, 0.3) is 0 Å². The molecule has 3 aliphatic rings. The molecule has 35 heavy (non-hydrogen) atoms. The fourth-order valence-corrected chi connectivity index (χ4v) is 7.30. The lowest BCUT2D eigenvalue weighted by atomic mass is 9.52. The quantitative estimate of drug-likeness (QED) is 0.385. The van der Waals surface area contributed by atoms with Crippen molar-refractivity contribution in [3.8, 4) is 0 Å². The molecule has 9 nitrogen and oxygen atoms in total.